The molecular formula is C14H7F5O2. The highest BCUT2D eigenvalue weighted by Crippen LogP contribution is 2.33. The predicted octanol–water partition coefficient (Wildman–Crippen LogP) is 4.35. The average molecular weight is 302 g/mol. The van der Waals surface area contributed by atoms with Crippen LogP contribution < -0.4 is 0 Å². The van der Waals surface area contributed by atoms with Crippen LogP contribution in [0.2, 0.25) is 0 Å². The number of benzene rings is 2. The monoisotopic (exact) mass is 302 g/mol. The van der Waals surface area contributed by atoms with Crippen LogP contribution in [-0.2, 0) is 6.18 Å². The summed E-state index contributed by atoms with van der Waals surface area (Å²) in [5.74, 6) is -4.49. The van der Waals surface area contributed by atoms with E-state index in [2.05, 4.69) is 0 Å². The molecule has 0 saturated heterocycles. The Morgan fingerprint density at radius 3 is 2.00 bits per heavy atom. The van der Waals surface area contributed by atoms with E-state index in [1.807, 2.05) is 0 Å². The first kappa shape index (κ1) is 15.0. The molecule has 21 heavy (non-hydrogen) atoms. The molecule has 0 unspecified atom stereocenters. The number of halogens is 5. The third-order valence-corrected chi connectivity index (χ3v) is 2.78. The van der Waals surface area contributed by atoms with Crippen molar-refractivity contribution in [1.29, 1.82) is 0 Å². The normalized spacial score (nSPS) is 11.5. The molecule has 0 aliphatic heterocycles. The summed E-state index contributed by atoms with van der Waals surface area (Å²) in [5, 5.41) is 8.63. The van der Waals surface area contributed by atoms with Gasteiger partial charge in [-0.15, -0.1) is 0 Å². The highest BCUT2D eigenvalue weighted by molar-refractivity contribution is 5.89. The smallest absolute Gasteiger partial charge is 0.416 e. The van der Waals surface area contributed by atoms with Crippen LogP contribution in [0.4, 0.5) is 22.0 Å². The molecule has 2 aromatic rings. The minimum absolute atomic E-state index is 0.0698. The Morgan fingerprint density at radius 2 is 1.52 bits per heavy atom. The first-order valence-electron chi connectivity index (χ1n) is 5.60. The number of carboxylic acids is 1. The third-order valence-electron chi connectivity index (χ3n) is 2.78. The summed E-state index contributed by atoms with van der Waals surface area (Å²) >= 11 is 0. The minimum atomic E-state index is -4.59. The fraction of sp³-hybridized carbons (Fsp3) is 0.0714. The van der Waals surface area contributed by atoms with E-state index in [1.54, 1.807) is 0 Å². The van der Waals surface area contributed by atoms with Crippen LogP contribution in [0.5, 0.6) is 0 Å². The van der Waals surface area contributed by atoms with E-state index in [9.17, 15) is 26.7 Å². The molecule has 0 radical (unpaired) electrons. The zero-order valence-corrected chi connectivity index (χ0v) is 10.2. The molecule has 110 valence electrons. The number of rotatable bonds is 2. The van der Waals surface area contributed by atoms with Crippen molar-refractivity contribution in [2.75, 3.05) is 0 Å². The largest absolute Gasteiger partial charge is 0.477 e. The molecule has 0 aromatic heterocycles. The Morgan fingerprint density at radius 1 is 0.952 bits per heavy atom. The Labute approximate surface area is 115 Å². The molecule has 0 atom stereocenters. The maximum atomic E-state index is 13.5. The molecule has 0 heterocycles. The molecule has 0 spiro atoms. The zero-order chi connectivity index (χ0) is 15.8. The van der Waals surface area contributed by atoms with Gasteiger partial charge in [0.05, 0.1) is 5.56 Å². The predicted molar refractivity (Wildman–Crippen MR) is 63.8 cm³/mol. The van der Waals surface area contributed by atoms with Gasteiger partial charge < -0.3 is 5.11 Å². The van der Waals surface area contributed by atoms with Crippen molar-refractivity contribution in [3.05, 3.63) is 59.2 Å². The Balaban J connectivity index is 2.56. The Bertz CT molecular complexity index is 684. The van der Waals surface area contributed by atoms with Crippen molar-refractivity contribution in [1.82, 2.24) is 0 Å². The lowest BCUT2D eigenvalue weighted by atomic mass is 10.0. The summed E-state index contributed by atoms with van der Waals surface area (Å²) in [4.78, 5) is 10.6. The van der Waals surface area contributed by atoms with Gasteiger partial charge in [-0.25, -0.2) is 13.6 Å². The van der Waals surface area contributed by atoms with E-state index in [4.69, 9.17) is 5.11 Å². The van der Waals surface area contributed by atoms with Gasteiger partial charge in [0.25, 0.3) is 0 Å². The number of carbonyl (C=O) groups is 1. The van der Waals surface area contributed by atoms with Crippen LogP contribution in [0.25, 0.3) is 11.1 Å². The van der Waals surface area contributed by atoms with Crippen molar-refractivity contribution in [3.63, 3.8) is 0 Å². The first-order chi connectivity index (χ1) is 9.70. The second kappa shape index (κ2) is 5.16. The summed E-state index contributed by atoms with van der Waals surface area (Å²) in [7, 11) is 0. The summed E-state index contributed by atoms with van der Waals surface area (Å²) in [6.07, 6.45) is -4.59. The molecule has 0 amide bonds. The van der Waals surface area contributed by atoms with Gasteiger partial charge in [-0.05, 0) is 35.4 Å². The van der Waals surface area contributed by atoms with Gasteiger partial charge in [0.1, 0.15) is 17.2 Å². The second-order valence-corrected chi connectivity index (χ2v) is 4.20. The molecular weight excluding hydrogens is 295 g/mol. The van der Waals surface area contributed by atoms with Crippen LogP contribution in [0.1, 0.15) is 15.9 Å². The topological polar surface area (TPSA) is 37.3 Å². The molecule has 2 aromatic carbocycles. The summed E-state index contributed by atoms with van der Waals surface area (Å²) in [5.41, 5.74) is -2.37. The van der Waals surface area contributed by atoms with Gasteiger partial charge in [-0.1, -0.05) is 12.1 Å². The van der Waals surface area contributed by atoms with Gasteiger partial charge in [0.15, 0.2) is 0 Å². The Hall–Kier alpha value is -2.44. The maximum Gasteiger partial charge on any atom is 0.416 e. The molecule has 2 rings (SSSR count). The van der Waals surface area contributed by atoms with Crippen molar-refractivity contribution < 1.29 is 31.9 Å². The standard InChI is InChI=1S/C14H7F5O2/c15-10-5-8(6-11(16)12(10)13(20)21)7-2-1-3-9(4-7)14(17,18)19/h1-6H,(H,20,21). The fourth-order valence-corrected chi connectivity index (χ4v) is 1.82. The number of hydrogen-bond donors (Lipinski definition) is 1. The van der Waals surface area contributed by atoms with Gasteiger partial charge in [-0.3, -0.25) is 0 Å². The first-order valence-corrected chi connectivity index (χ1v) is 5.60. The van der Waals surface area contributed by atoms with Crippen LogP contribution in [-0.4, -0.2) is 11.1 Å². The molecule has 0 aliphatic carbocycles. The van der Waals surface area contributed by atoms with Gasteiger partial charge in [0, 0.05) is 0 Å². The molecule has 0 bridgehead atoms. The molecule has 0 saturated carbocycles. The summed E-state index contributed by atoms with van der Waals surface area (Å²) in [6.45, 7) is 0. The fourth-order valence-electron chi connectivity index (χ4n) is 1.82. The quantitative estimate of drug-likeness (QED) is 0.837. The highest BCUT2D eigenvalue weighted by Gasteiger charge is 2.30. The third kappa shape index (κ3) is 3.01. The molecule has 0 aliphatic rings. The number of alkyl halides is 3. The van der Waals surface area contributed by atoms with Gasteiger partial charge in [-0.2, -0.15) is 13.2 Å². The van der Waals surface area contributed by atoms with Gasteiger partial charge >= 0.3 is 12.1 Å². The maximum absolute atomic E-state index is 13.5. The van der Waals surface area contributed by atoms with E-state index in [-0.39, 0.29) is 11.1 Å². The Kier molecular flexibility index (Phi) is 3.67. The summed E-state index contributed by atoms with van der Waals surface area (Å²) < 4.78 is 64.8. The summed E-state index contributed by atoms with van der Waals surface area (Å²) in [6, 6.07) is 5.25. The van der Waals surface area contributed by atoms with Crippen LogP contribution in [0, 0.1) is 11.6 Å². The molecule has 7 heteroatoms. The van der Waals surface area contributed by atoms with Crippen LogP contribution in [0.3, 0.4) is 0 Å². The molecule has 0 fully saturated rings. The van der Waals surface area contributed by atoms with E-state index < -0.39 is 34.9 Å². The van der Waals surface area contributed by atoms with Crippen molar-refractivity contribution >= 4 is 5.97 Å². The van der Waals surface area contributed by atoms with E-state index in [1.165, 1.54) is 6.07 Å². The molecule has 1 N–H and O–H groups in total. The second-order valence-electron chi connectivity index (χ2n) is 4.20. The zero-order valence-electron chi connectivity index (χ0n) is 10.2. The number of hydrogen-bond acceptors (Lipinski definition) is 1. The SMILES string of the molecule is O=C(O)c1c(F)cc(-c2cccc(C(F)(F)F)c2)cc1F. The van der Waals surface area contributed by atoms with Crippen molar-refractivity contribution in [3.8, 4) is 11.1 Å². The van der Waals surface area contributed by atoms with E-state index in [0.717, 1.165) is 18.2 Å². The minimum Gasteiger partial charge on any atom is -0.477 e. The van der Waals surface area contributed by atoms with Crippen LogP contribution >= 0.6 is 0 Å². The number of aromatic carboxylic acids is 1. The van der Waals surface area contributed by atoms with E-state index >= 15 is 0 Å². The lowest BCUT2D eigenvalue weighted by Crippen LogP contribution is -2.06. The lowest BCUT2D eigenvalue weighted by molar-refractivity contribution is -0.137. The number of carboxylic acid groups (broad SMARTS) is 1. The lowest BCUT2D eigenvalue weighted by Gasteiger charge is -2.10. The van der Waals surface area contributed by atoms with E-state index in [0.29, 0.717) is 12.1 Å². The average Bonchev–Trinajstić information content (AvgIpc) is 2.36. The van der Waals surface area contributed by atoms with Crippen molar-refractivity contribution in [2.24, 2.45) is 0 Å². The van der Waals surface area contributed by atoms with Crippen molar-refractivity contribution in [2.45, 2.75) is 6.18 Å². The highest BCUT2D eigenvalue weighted by atomic mass is 19.4. The van der Waals surface area contributed by atoms with Crippen LogP contribution in [0.15, 0.2) is 36.4 Å². The van der Waals surface area contributed by atoms with Gasteiger partial charge in [0.2, 0.25) is 0 Å². The molecule has 2 nitrogen and oxygen atoms in total.